The van der Waals surface area contributed by atoms with E-state index in [9.17, 15) is 5.11 Å². The number of hydrogen-bond donors (Lipinski definition) is 1. The van der Waals surface area contributed by atoms with Crippen molar-refractivity contribution in [2.75, 3.05) is 11.5 Å². The van der Waals surface area contributed by atoms with Gasteiger partial charge >= 0.3 is 0 Å². The van der Waals surface area contributed by atoms with Crippen molar-refractivity contribution in [1.29, 1.82) is 0 Å². The smallest absolute Gasteiger partial charge is 0.0914 e. The first-order chi connectivity index (χ1) is 7.12. The molecule has 0 amide bonds. The van der Waals surface area contributed by atoms with Gasteiger partial charge in [-0.2, -0.15) is 11.8 Å². The molecule has 1 aromatic carbocycles. The van der Waals surface area contributed by atoms with Crippen LogP contribution in [0.25, 0.3) is 0 Å². The molecule has 0 unspecified atom stereocenters. The highest BCUT2D eigenvalue weighted by Gasteiger charge is 2.32. The van der Waals surface area contributed by atoms with Crippen LogP contribution >= 0.6 is 11.8 Å². The van der Waals surface area contributed by atoms with Crippen molar-refractivity contribution in [3.63, 3.8) is 0 Å². The first-order valence-corrected chi connectivity index (χ1v) is 6.65. The van der Waals surface area contributed by atoms with Crippen LogP contribution < -0.4 is 0 Å². The van der Waals surface area contributed by atoms with Crippen molar-refractivity contribution in [2.45, 2.75) is 32.3 Å². The lowest BCUT2D eigenvalue weighted by atomic mass is 9.85. The monoisotopic (exact) mass is 222 g/mol. The van der Waals surface area contributed by atoms with Gasteiger partial charge in [-0.3, -0.25) is 0 Å². The van der Waals surface area contributed by atoms with Gasteiger partial charge in [0.1, 0.15) is 0 Å². The van der Waals surface area contributed by atoms with Crippen molar-refractivity contribution in [3.05, 3.63) is 34.9 Å². The average molecular weight is 222 g/mol. The molecule has 1 aliphatic heterocycles. The topological polar surface area (TPSA) is 20.2 Å². The number of benzene rings is 1. The zero-order valence-electron chi connectivity index (χ0n) is 9.42. The first kappa shape index (κ1) is 11.0. The van der Waals surface area contributed by atoms with Crippen LogP contribution in [0.15, 0.2) is 18.2 Å². The van der Waals surface area contributed by atoms with Crippen molar-refractivity contribution < 1.29 is 5.11 Å². The fourth-order valence-corrected chi connectivity index (χ4v) is 3.48. The third-order valence-corrected chi connectivity index (χ3v) is 4.19. The van der Waals surface area contributed by atoms with E-state index in [0.29, 0.717) is 0 Å². The molecule has 1 fully saturated rings. The van der Waals surface area contributed by atoms with Gasteiger partial charge in [-0.05, 0) is 49.3 Å². The number of aliphatic hydroxyl groups is 1. The van der Waals surface area contributed by atoms with E-state index in [1.54, 1.807) is 0 Å². The van der Waals surface area contributed by atoms with Gasteiger partial charge in [0, 0.05) is 0 Å². The largest absolute Gasteiger partial charge is 0.385 e. The Morgan fingerprint density at radius 2 is 1.87 bits per heavy atom. The standard InChI is InChI=1S/C13H18OS/c1-10-3-4-12(11(2)9-10)13(14)5-7-15-8-6-13/h3-4,9,14H,5-8H2,1-2H3. The molecule has 82 valence electrons. The number of hydrogen-bond acceptors (Lipinski definition) is 2. The fraction of sp³-hybridized carbons (Fsp3) is 0.538. The zero-order chi connectivity index (χ0) is 10.9. The quantitative estimate of drug-likeness (QED) is 0.788. The molecular weight excluding hydrogens is 204 g/mol. The number of rotatable bonds is 1. The highest BCUT2D eigenvalue weighted by molar-refractivity contribution is 7.99. The Hall–Kier alpha value is -0.470. The minimum absolute atomic E-state index is 0.566. The lowest BCUT2D eigenvalue weighted by molar-refractivity contribution is 0.0275. The SMILES string of the molecule is Cc1ccc(C2(O)CCSCC2)c(C)c1. The van der Waals surface area contributed by atoms with Crippen molar-refractivity contribution in [3.8, 4) is 0 Å². The summed E-state index contributed by atoms with van der Waals surface area (Å²) in [6.07, 6.45) is 1.78. The van der Waals surface area contributed by atoms with Crippen LogP contribution in [0.4, 0.5) is 0 Å². The van der Waals surface area contributed by atoms with Crippen LogP contribution in [-0.2, 0) is 5.60 Å². The second-order valence-electron chi connectivity index (χ2n) is 4.46. The maximum atomic E-state index is 10.6. The van der Waals surface area contributed by atoms with Crippen LogP contribution in [0, 0.1) is 13.8 Å². The van der Waals surface area contributed by atoms with E-state index >= 15 is 0 Å². The third kappa shape index (κ3) is 2.21. The first-order valence-electron chi connectivity index (χ1n) is 5.50. The second kappa shape index (κ2) is 4.18. The van der Waals surface area contributed by atoms with Gasteiger partial charge in [-0.25, -0.2) is 0 Å². The molecule has 0 spiro atoms. The lowest BCUT2D eigenvalue weighted by Gasteiger charge is -2.33. The van der Waals surface area contributed by atoms with Gasteiger partial charge in [-0.1, -0.05) is 23.8 Å². The molecule has 15 heavy (non-hydrogen) atoms. The Kier molecular flexibility index (Phi) is 3.08. The molecule has 2 rings (SSSR count). The van der Waals surface area contributed by atoms with Gasteiger partial charge in [-0.15, -0.1) is 0 Å². The third-order valence-electron chi connectivity index (χ3n) is 3.20. The zero-order valence-corrected chi connectivity index (χ0v) is 10.2. The van der Waals surface area contributed by atoms with Crippen molar-refractivity contribution in [1.82, 2.24) is 0 Å². The summed E-state index contributed by atoms with van der Waals surface area (Å²) >= 11 is 1.94. The summed E-state index contributed by atoms with van der Waals surface area (Å²) in [4.78, 5) is 0. The predicted octanol–water partition coefficient (Wildman–Crippen LogP) is 3.02. The van der Waals surface area contributed by atoms with Gasteiger partial charge in [0.15, 0.2) is 0 Å². The fourth-order valence-electron chi connectivity index (χ4n) is 2.31. The molecule has 1 heterocycles. The molecule has 0 radical (unpaired) electrons. The Bertz CT molecular complexity index is 354. The maximum Gasteiger partial charge on any atom is 0.0914 e. The molecule has 0 saturated carbocycles. The summed E-state index contributed by atoms with van der Waals surface area (Å²) in [5.74, 6) is 2.15. The predicted molar refractivity (Wildman–Crippen MR) is 66.4 cm³/mol. The Labute approximate surface area is 95.9 Å². The molecule has 1 nitrogen and oxygen atoms in total. The molecule has 0 aliphatic carbocycles. The summed E-state index contributed by atoms with van der Waals surface area (Å²) in [6.45, 7) is 4.19. The van der Waals surface area contributed by atoms with Gasteiger partial charge in [0.25, 0.3) is 0 Å². The molecular formula is C13H18OS. The highest BCUT2D eigenvalue weighted by Crippen LogP contribution is 2.37. The van der Waals surface area contributed by atoms with Gasteiger partial charge < -0.3 is 5.11 Å². The normalized spacial score (nSPS) is 20.2. The minimum atomic E-state index is -0.566. The molecule has 0 bridgehead atoms. The molecule has 1 saturated heterocycles. The van der Waals surface area contributed by atoms with Gasteiger partial charge in [0.2, 0.25) is 0 Å². The molecule has 1 aliphatic rings. The van der Waals surface area contributed by atoms with E-state index in [1.165, 1.54) is 11.1 Å². The number of aryl methyl sites for hydroxylation is 2. The van der Waals surface area contributed by atoms with Crippen LogP contribution in [0.1, 0.15) is 29.5 Å². The summed E-state index contributed by atoms with van der Waals surface area (Å²) in [5.41, 5.74) is 3.06. The molecule has 0 atom stereocenters. The van der Waals surface area contributed by atoms with Crippen LogP contribution in [0.3, 0.4) is 0 Å². The molecule has 1 N–H and O–H groups in total. The summed E-state index contributed by atoms with van der Waals surface area (Å²) in [6, 6.07) is 6.36. The van der Waals surface area contributed by atoms with Crippen LogP contribution in [0.5, 0.6) is 0 Å². The Balaban J connectivity index is 2.35. The van der Waals surface area contributed by atoms with Crippen LogP contribution in [0.2, 0.25) is 0 Å². The van der Waals surface area contributed by atoms with E-state index in [0.717, 1.165) is 29.9 Å². The average Bonchev–Trinajstić information content (AvgIpc) is 2.18. The van der Waals surface area contributed by atoms with E-state index in [-0.39, 0.29) is 0 Å². The van der Waals surface area contributed by atoms with Gasteiger partial charge in [0.05, 0.1) is 5.60 Å². The minimum Gasteiger partial charge on any atom is -0.385 e. The second-order valence-corrected chi connectivity index (χ2v) is 5.69. The van der Waals surface area contributed by atoms with Crippen molar-refractivity contribution in [2.24, 2.45) is 0 Å². The van der Waals surface area contributed by atoms with Crippen LogP contribution in [-0.4, -0.2) is 16.6 Å². The van der Waals surface area contributed by atoms with E-state index in [4.69, 9.17) is 0 Å². The molecule has 2 heteroatoms. The lowest BCUT2D eigenvalue weighted by Crippen LogP contribution is -2.31. The Morgan fingerprint density at radius 3 is 2.47 bits per heavy atom. The van der Waals surface area contributed by atoms with E-state index in [2.05, 4.69) is 32.0 Å². The Morgan fingerprint density at radius 1 is 1.20 bits per heavy atom. The molecule has 1 aromatic rings. The number of thioether (sulfide) groups is 1. The van der Waals surface area contributed by atoms with Crippen molar-refractivity contribution >= 4 is 11.8 Å². The van der Waals surface area contributed by atoms with E-state index in [1.807, 2.05) is 11.8 Å². The molecule has 0 aromatic heterocycles. The summed E-state index contributed by atoms with van der Waals surface area (Å²) in [7, 11) is 0. The summed E-state index contributed by atoms with van der Waals surface area (Å²) < 4.78 is 0. The van der Waals surface area contributed by atoms with E-state index < -0.39 is 5.60 Å². The summed E-state index contributed by atoms with van der Waals surface area (Å²) in [5, 5.41) is 10.6. The maximum absolute atomic E-state index is 10.6. The highest BCUT2D eigenvalue weighted by atomic mass is 32.2.